The van der Waals surface area contributed by atoms with E-state index < -0.39 is 11.6 Å². The average molecular weight is 385 g/mol. The Hall–Kier alpha value is -0.670. The Morgan fingerprint density at radius 1 is 1.55 bits per heavy atom. The van der Waals surface area contributed by atoms with E-state index in [4.69, 9.17) is 4.74 Å². The molecule has 1 spiro atoms. The topological polar surface area (TPSA) is 78.6 Å². The summed E-state index contributed by atoms with van der Waals surface area (Å²) in [5, 5.41) is 25.7. The molecule has 2 N–H and O–H groups in total. The van der Waals surface area contributed by atoms with E-state index in [9.17, 15) is 5.11 Å². The van der Waals surface area contributed by atoms with Crippen LogP contribution in [0.2, 0.25) is 0 Å². The van der Waals surface area contributed by atoms with Gasteiger partial charge in [0.1, 0.15) is 17.2 Å². The summed E-state index contributed by atoms with van der Waals surface area (Å²) in [7, 11) is 0. The highest BCUT2D eigenvalue weighted by molar-refractivity contribution is 9.11. The van der Waals surface area contributed by atoms with E-state index in [1.54, 1.807) is 17.6 Å². The van der Waals surface area contributed by atoms with Crippen LogP contribution in [0, 0.1) is 0 Å². The van der Waals surface area contributed by atoms with Crippen LogP contribution in [0.3, 0.4) is 0 Å². The molecule has 0 amide bonds. The molecule has 22 heavy (non-hydrogen) atoms. The van der Waals surface area contributed by atoms with Gasteiger partial charge in [0.2, 0.25) is 0 Å². The van der Waals surface area contributed by atoms with E-state index in [-0.39, 0.29) is 11.6 Å². The first-order valence-corrected chi connectivity index (χ1v) is 8.95. The lowest BCUT2D eigenvalue weighted by Crippen LogP contribution is -2.57. The summed E-state index contributed by atoms with van der Waals surface area (Å²) in [6.07, 6.45) is 2.94. The maximum Gasteiger partial charge on any atom is 0.133 e. The Kier molecular flexibility index (Phi) is 3.50. The van der Waals surface area contributed by atoms with E-state index in [0.29, 0.717) is 6.61 Å². The minimum atomic E-state index is -0.542. The molecule has 0 radical (unpaired) electrons. The molecule has 0 aromatic carbocycles. The molecule has 0 aliphatic carbocycles. The second-order valence-electron chi connectivity index (χ2n) is 6.28. The minimum absolute atomic E-state index is 0.111. The Bertz CT molecular complexity index is 649. The van der Waals surface area contributed by atoms with Crippen molar-refractivity contribution in [2.24, 2.45) is 15.4 Å². The van der Waals surface area contributed by atoms with Gasteiger partial charge in [-0.25, -0.2) is 0 Å². The molecule has 0 saturated carbocycles. The molecule has 3 aliphatic heterocycles. The molecule has 3 aliphatic rings. The van der Waals surface area contributed by atoms with Gasteiger partial charge >= 0.3 is 0 Å². The Morgan fingerprint density at radius 2 is 2.41 bits per heavy atom. The number of piperidine rings is 1. The fourth-order valence-electron chi connectivity index (χ4n) is 3.52. The molecule has 6 nitrogen and oxygen atoms in total. The van der Waals surface area contributed by atoms with E-state index >= 15 is 0 Å². The van der Waals surface area contributed by atoms with E-state index in [1.807, 2.05) is 13.0 Å². The van der Waals surface area contributed by atoms with Crippen LogP contribution >= 0.6 is 27.3 Å². The Labute approximate surface area is 140 Å². The number of hydrogen-bond donors (Lipinski definition) is 2. The van der Waals surface area contributed by atoms with Gasteiger partial charge in [0, 0.05) is 16.5 Å². The van der Waals surface area contributed by atoms with Crippen LogP contribution in [-0.2, 0) is 10.3 Å². The van der Waals surface area contributed by atoms with E-state index in [2.05, 4.69) is 36.7 Å². The lowest BCUT2D eigenvalue weighted by atomic mass is 9.77. The minimum Gasteiger partial charge on any atom is -0.386 e. The predicted octanol–water partition coefficient (Wildman–Crippen LogP) is 2.73. The molecule has 118 valence electrons. The fourth-order valence-corrected chi connectivity index (χ4v) is 5.38. The van der Waals surface area contributed by atoms with Crippen molar-refractivity contribution in [3.63, 3.8) is 0 Å². The highest BCUT2D eigenvalue weighted by Crippen LogP contribution is 2.50. The number of nitrogens with zero attached hydrogens (tertiary/aromatic N) is 3. The van der Waals surface area contributed by atoms with Gasteiger partial charge < -0.3 is 15.2 Å². The zero-order valence-electron chi connectivity index (χ0n) is 12.1. The number of thiophene rings is 1. The monoisotopic (exact) mass is 384 g/mol. The van der Waals surface area contributed by atoms with Gasteiger partial charge in [-0.3, -0.25) is 0 Å². The number of hydrogen-bond acceptors (Lipinski definition) is 7. The second-order valence-corrected chi connectivity index (χ2v) is 8.71. The average Bonchev–Trinajstić information content (AvgIpc) is 3.12. The summed E-state index contributed by atoms with van der Waals surface area (Å²) >= 11 is 5.20. The Balaban J connectivity index is 1.71. The van der Waals surface area contributed by atoms with Crippen LogP contribution < -0.4 is 5.32 Å². The first-order chi connectivity index (χ1) is 10.5. The smallest absolute Gasteiger partial charge is 0.133 e. The number of aliphatic hydroxyl groups is 1. The van der Waals surface area contributed by atoms with Crippen molar-refractivity contribution in [2.45, 2.75) is 43.1 Å². The molecule has 8 heteroatoms. The molecule has 0 bridgehead atoms. The maximum atomic E-state index is 10.2. The first-order valence-electron chi connectivity index (χ1n) is 7.34. The van der Waals surface area contributed by atoms with Crippen molar-refractivity contribution < 1.29 is 9.84 Å². The summed E-state index contributed by atoms with van der Waals surface area (Å²) in [4.78, 5) is 1.14. The largest absolute Gasteiger partial charge is 0.386 e. The third kappa shape index (κ3) is 2.20. The van der Waals surface area contributed by atoms with Gasteiger partial charge in [0.15, 0.2) is 0 Å². The second kappa shape index (κ2) is 5.17. The van der Waals surface area contributed by atoms with Crippen LogP contribution in [0.5, 0.6) is 0 Å². The van der Waals surface area contributed by atoms with Gasteiger partial charge in [-0.05, 0) is 53.5 Å². The standard InChI is InChI=1S/C14H17BrN4O2S/c1-13(7-17-19-18-13)10-5-14(2-3-16-10)12-8(4-11(15)22-12)9(20)6-21-14/h4,7,9-10,16,20H,2-3,5-6H2,1H3. The van der Waals surface area contributed by atoms with Crippen molar-refractivity contribution in [1.82, 2.24) is 5.32 Å². The van der Waals surface area contributed by atoms with Crippen LogP contribution in [-0.4, -0.2) is 36.1 Å². The summed E-state index contributed by atoms with van der Waals surface area (Å²) in [6.45, 7) is 3.22. The fraction of sp³-hybridized carbons (Fsp3) is 0.643. The summed E-state index contributed by atoms with van der Waals surface area (Å²) < 4.78 is 7.21. The SMILES string of the molecule is CC1(C2CC3(CCN2)OCC(O)c2cc(Br)sc23)C=NN=N1. The van der Waals surface area contributed by atoms with Gasteiger partial charge in [-0.2, -0.15) is 5.11 Å². The molecule has 1 aromatic heterocycles. The highest BCUT2D eigenvalue weighted by atomic mass is 79.9. The molecule has 4 rings (SSSR count). The number of ether oxygens (including phenoxy) is 1. The maximum absolute atomic E-state index is 10.2. The third-order valence-electron chi connectivity index (χ3n) is 4.81. The molecule has 1 saturated heterocycles. The van der Waals surface area contributed by atoms with Gasteiger partial charge in [-0.15, -0.1) is 16.4 Å². The molecular weight excluding hydrogens is 368 g/mol. The van der Waals surface area contributed by atoms with E-state index in [0.717, 1.165) is 33.6 Å². The predicted molar refractivity (Wildman–Crippen MR) is 87.4 cm³/mol. The summed E-state index contributed by atoms with van der Waals surface area (Å²) in [5.41, 5.74) is 0.216. The lowest BCUT2D eigenvalue weighted by Gasteiger charge is -2.46. The summed E-state index contributed by atoms with van der Waals surface area (Å²) in [5.74, 6) is 0. The Morgan fingerprint density at radius 3 is 3.18 bits per heavy atom. The van der Waals surface area contributed by atoms with Gasteiger partial charge in [-0.1, -0.05) is 0 Å². The third-order valence-corrected chi connectivity index (χ3v) is 6.65. The van der Waals surface area contributed by atoms with Crippen molar-refractivity contribution in [3.8, 4) is 0 Å². The van der Waals surface area contributed by atoms with Gasteiger partial charge in [0.05, 0.1) is 16.6 Å². The summed E-state index contributed by atoms with van der Waals surface area (Å²) in [6, 6.07) is 2.13. The number of nitrogens with one attached hydrogen (secondary N) is 1. The molecule has 1 aromatic rings. The number of halogens is 1. The van der Waals surface area contributed by atoms with E-state index in [1.165, 1.54) is 0 Å². The number of fused-ring (bicyclic) bond motifs is 2. The van der Waals surface area contributed by atoms with Gasteiger partial charge in [0.25, 0.3) is 0 Å². The molecule has 4 atom stereocenters. The van der Waals surface area contributed by atoms with Crippen LogP contribution in [0.25, 0.3) is 0 Å². The quantitative estimate of drug-likeness (QED) is 0.780. The number of aliphatic hydroxyl groups excluding tert-OH is 1. The zero-order valence-corrected chi connectivity index (χ0v) is 14.5. The van der Waals surface area contributed by atoms with Crippen molar-refractivity contribution in [3.05, 3.63) is 20.3 Å². The molecule has 4 heterocycles. The van der Waals surface area contributed by atoms with Crippen molar-refractivity contribution in [2.75, 3.05) is 13.2 Å². The first kappa shape index (κ1) is 14.9. The number of rotatable bonds is 1. The normalized spacial score (nSPS) is 40.3. The van der Waals surface area contributed by atoms with Crippen LogP contribution in [0.4, 0.5) is 0 Å². The molecular formula is C14H17BrN4O2S. The zero-order chi connectivity index (χ0) is 15.4. The van der Waals surface area contributed by atoms with Crippen LogP contribution in [0.15, 0.2) is 25.3 Å². The highest BCUT2D eigenvalue weighted by Gasteiger charge is 2.50. The molecule has 4 unspecified atom stereocenters. The molecule has 1 fully saturated rings. The lowest BCUT2D eigenvalue weighted by molar-refractivity contribution is -0.124. The van der Waals surface area contributed by atoms with Crippen molar-refractivity contribution in [1.29, 1.82) is 0 Å². The van der Waals surface area contributed by atoms with Crippen molar-refractivity contribution >= 4 is 33.5 Å². The van der Waals surface area contributed by atoms with Crippen LogP contribution in [0.1, 0.15) is 36.3 Å².